The van der Waals surface area contributed by atoms with Crippen LogP contribution in [0, 0.1) is 0 Å². The van der Waals surface area contributed by atoms with Crippen molar-refractivity contribution in [3.63, 3.8) is 0 Å². The highest BCUT2D eigenvalue weighted by Gasteiger charge is 2.28. The summed E-state index contributed by atoms with van der Waals surface area (Å²) in [4.78, 5) is 38.6. The van der Waals surface area contributed by atoms with Crippen LogP contribution in [0.15, 0.2) is 89.7 Å². The van der Waals surface area contributed by atoms with Crippen molar-refractivity contribution in [1.82, 2.24) is 9.78 Å². The van der Waals surface area contributed by atoms with Gasteiger partial charge in [0.2, 0.25) is 5.78 Å². The average molecular weight is 398 g/mol. The quantitative estimate of drug-likeness (QED) is 0.378. The van der Waals surface area contributed by atoms with Gasteiger partial charge in [0.25, 0.3) is 5.56 Å². The number of aromatic nitrogens is 2. The van der Waals surface area contributed by atoms with Crippen LogP contribution in [-0.4, -0.2) is 21.5 Å². The van der Waals surface area contributed by atoms with Gasteiger partial charge in [0.15, 0.2) is 11.8 Å². The Hall–Kier alpha value is -4.06. The van der Waals surface area contributed by atoms with Crippen LogP contribution in [0.3, 0.4) is 0 Å². The number of fused-ring (bicyclic) bond motifs is 1. The fraction of sp³-hybridized carbons (Fsp3) is 0.0833. The third-order valence-electron chi connectivity index (χ3n) is 4.77. The number of ether oxygens (including phenoxy) is 1. The molecule has 0 aliphatic heterocycles. The molecule has 1 heterocycles. The second-order valence-corrected chi connectivity index (χ2v) is 6.75. The molecule has 1 atom stereocenters. The summed E-state index contributed by atoms with van der Waals surface area (Å²) in [6, 6.07) is 24.2. The van der Waals surface area contributed by atoms with Crippen LogP contribution >= 0.6 is 0 Å². The summed E-state index contributed by atoms with van der Waals surface area (Å²) in [5, 5.41) is 4.83. The number of rotatable bonds is 5. The van der Waals surface area contributed by atoms with Crippen LogP contribution in [0.5, 0.6) is 0 Å². The predicted octanol–water partition coefficient (Wildman–Crippen LogP) is 3.71. The number of Topliss-reactive ketones (excluding diaryl/α,β-unsaturated/α-hetero) is 1. The molecule has 0 radical (unpaired) electrons. The average Bonchev–Trinajstić information content (AvgIpc) is 2.80. The van der Waals surface area contributed by atoms with E-state index in [1.807, 2.05) is 6.07 Å². The minimum atomic E-state index is -1.14. The highest BCUT2D eigenvalue weighted by molar-refractivity contribution is 6.05. The van der Waals surface area contributed by atoms with E-state index >= 15 is 0 Å². The molecule has 3 aromatic carbocycles. The molecule has 30 heavy (non-hydrogen) atoms. The summed E-state index contributed by atoms with van der Waals surface area (Å²) in [5.74, 6) is -1.12. The molecule has 6 nitrogen and oxygen atoms in total. The van der Waals surface area contributed by atoms with Crippen molar-refractivity contribution in [3.8, 4) is 0 Å². The maximum atomic E-state index is 13.1. The van der Waals surface area contributed by atoms with Crippen LogP contribution in [0.1, 0.15) is 32.5 Å². The number of esters is 1. The largest absolute Gasteiger partial charge is 0.444 e. The summed E-state index contributed by atoms with van der Waals surface area (Å²) < 4.78 is 6.77. The van der Waals surface area contributed by atoms with Gasteiger partial charge in [-0.3, -0.25) is 9.59 Å². The topological polar surface area (TPSA) is 78.3 Å². The second kappa shape index (κ2) is 8.13. The van der Waals surface area contributed by atoms with Crippen LogP contribution in [-0.2, 0) is 11.8 Å². The van der Waals surface area contributed by atoms with Gasteiger partial charge in [-0.15, -0.1) is 0 Å². The van der Waals surface area contributed by atoms with Crippen molar-refractivity contribution in [3.05, 3.63) is 112 Å². The highest BCUT2D eigenvalue weighted by atomic mass is 16.5. The van der Waals surface area contributed by atoms with E-state index in [-0.39, 0.29) is 17.0 Å². The summed E-state index contributed by atoms with van der Waals surface area (Å²) in [6.45, 7) is 0. The van der Waals surface area contributed by atoms with E-state index in [2.05, 4.69) is 5.10 Å². The van der Waals surface area contributed by atoms with E-state index in [0.29, 0.717) is 21.9 Å². The maximum Gasteiger partial charge on any atom is 0.360 e. The third-order valence-corrected chi connectivity index (χ3v) is 4.77. The van der Waals surface area contributed by atoms with Gasteiger partial charge in [-0.1, -0.05) is 78.9 Å². The number of carbonyl (C=O) groups excluding carboxylic acids is 2. The molecule has 0 saturated carbocycles. The molecule has 0 saturated heterocycles. The Balaban J connectivity index is 1.77. The fourth-order valence-electron chi connectivity index (χ4n) is 3.27. The lowest BCUT2D eigenvalue weighted by molar-refractivity contribution is 0.0274. The fourth-order valence-corrected chi connectivity index (χ4v) is 3.27. The lowest BCUT2D eigenvalue weighted by Gasteiger charge is -2.18. The first-order valence-electron chi connectivity index (χ1n) is 9.37. The zero-order chi connectivity index (χ0) is 21.1. The summed E-state index contributed by atoms with van der Waals surface area (Å²) in [5.41, 5.74) is 0.642. The van der Waals surface area contributed by atoms with E-state index in [0.717, 1.165) is 4.68 Å². The van der Waals surface area contributed by atoms with E-state index in [1.165, 1.54) is 7.05 Å². The van der Waals surface area contributed by atoms with Crippen molar-refractivity contribution < 1.29 is 14.3 Å². The van der Waals surface area contributed by atoms with Gasteiger partial charge in [-0.05, 0) is 6.07 Å². The second-order valence-electron chi connectivity index (χ2n) is 6.75. The van der Waals surface area contributed by atoms with Crippen molar-refractivity contribution in [2.75, 3.05) is 0 Å². The summed E-state index contributed by atoms with van der Waals surface area (Å²) in [6.07, 6.45) is -1.14. The third kappa shape index (κ3) is 3.63. The van der Waals surface area contributed by atoms with Gasteiger partial charge in [-0.2, -0.15) is 5.10 Å². The summed E-state index contributed by atoms with van der Waals surface area (Å²) in [7, 11) is 1.47. The Morgan fingerprint density at radius 1 is 0.833 bits per heavy atom. The molecule has 6 heteroatoms. The Bertz CT molecular complexity index is 1280. The zero-order valence-corrected chi connectivity index (χ0v) is 16.2. The van der Waals surface area contributed by atoms with Crippen molar-refractivity contribution in [2.45, 2.75) is 6.10 Å². The molecule has 0 aliphatic carbocycles. The molecule has 0 aliphatic rings. The molecule has 0 bridgehead atoms. The molecule has 0 fully saturated rings. The first-order valence-corrected chi connectivity index (χ1v) is 9.37. The van der Waals surface area contributed by atoms with Gasteiger partial charge in [-0.25, -0.2) is 9.48 Å². The lowest BCUT2D eigenvalue weighted by Crippen LogP contribution is -2.26. The molecular formula is C24H18N2O4. The molecule has 1 aromatic heterocycles. The molecular weight excluding hydrogens is 380 g/mol. The van der Waals surface area contributed by atoms with E-state index in [9.17, 15) is 14.4 Å². The van der Waals surface area contributed by atoms with Crippen molar-refractivity contribution >= 4 is 22.5 Å². The molecule has 0 amide bonds. The molecule has 0 N–H and O–H groups in total. The van der Waals surface area contributed by atoms with Gasteiger partial charge >= 0.3 is 5.97 Å². The first-order chi connectivity index (χ1) is 14.6. The van der Waals surface area contributed by atoms with E-state index in [1.54, 1.807) is 78.9 Å². The van der Waals surface area contributed by atoms with Crippen molar-refractivity contribution in [1.29, 1.82) is 0 Å². The minimum absolute atomic E-state index is 0.0190. The number of hydrogen-bond donors (Lipinski definition) is 0. The van der Waals surface area contributed by atoms with Gasteiger partial charge in [0, 0.05) is 23.6 Å². The Labute approximate surface area is 172 Å². The number of aryl methyl sites for hydroxylation is 1. The maximum absolute atomic E-state index is 13.1. The lowest BCUT2D eigenvalue weighted by atomic mass is 10.00. The van der Waals surface area contributed by atoms with Crippen LogP contribution in [0.25, 0.3) is 10.8 Å². The van der Waals surface area contributed by atoms with Crippen molar-refractivity contribution in [2.24, 2.45) is 7.05 Å². The van der Waals surface area contributed by atoms with E-state index < -0.39 is 12.1 Å². The highest BCUT2D eigenvalue weighted by Crippen LogP contribution is 2.25. The molecule has 4 aromatic rings. The van der Waals surface area contributed by atoms with Crippen LogP contribution < -0.4 is 5.56 Å². The number of hydrogen-bond acceptors (Lipinski definition) is 5. The number of carbonyl (C=O) groups is 2. The van der Waals surface area contributed by atoms with Crippen LogP contribution in [0.2, 0.25) is 0 Å². The smallest absolute Gasteiger partial charge is 0.360 e. The number of benzene rings is 3. The minimum Gasteiger partial charge on any atom is -0.444 e. The zero-order valence-electron chi connectivity index (χ0n) is 16.2. The number of ketones is 1. The van der Waals surface area contributed by atoms with Crippen LogP contribution in [0.4, 0.5) is 0 Å². The monoisotopic (exact) mass is 398 g/mol. The molecule has 4 rings (SSSR count). The normalized spacial score (nSPS) is 11.8. The number of nitrogens with zero attached hydrogens (tertiary/aromatic N) is 2. The molecule has 0 spiro atoms. The predicted molar refractivity (Wildman–Crippen MR) is 112 cm³/mol. The van der Waals surface area contributed by atoms with Gasteiger partial charge < -0.3 is 4.74 Å². The Morgan fingerprint density at radius 2 is 1.40 bits per heavy atom. The van der Waals surface area contributed by atoms with E-state index in [4.69, 9.17) is 4.74 Å². The Kier molecular flexibility index (Phi) is 5.22. The van der Waals surface area contributed by atoms with Gasteiger partial charge in [0.1, 0.15) is 0 Å². The SMILES string of the molecule is Cn1nc(C(=O)O[C@@H](C(=O)c2ccccc2)c2ccccc2)c2ccccc2c1=O. The Morgan fingerprint density at radius 3 is 2.07 bits per heavy atom. The summed E-state index contributed by atoms with van der Waals surface area (Å²) >= 11 is 0. The molecule has 0 unspecified atom stereocenters. The van der Waals surface area contributed by atoms with Gasteiger partial charge in [0.05, 0.1) is 5.39 Å². The first kappa shape index (κ1) is 19.3. The standard InChI is InChI=1S/C24H18N2O4/c1-26-23(28)19-15-9-8-14-18(19)20(25-26)24(29)30-22(17-12-6-3-7-13-17)21(27)16-10-4-2-5-11-16/h2-15,22H,1H3/t22-/m1/s1. The molecule has 148 valence electrons.